The molecule has 1 aromatic heterocycles. The molecule has 0 saturated carbocycles. The van der Waals surface area contributed by atoms with Crippen LogP contribution >= 0.6 is 0 Å². The lowest BCUT2D eigenvalue weighted by Gasteiger charge is -2.21. The summed E-state index contributed by atoms with van der Waals surface area (Å²) in [7, 11) is 0. The van der Waals surface area contributed by atoms with E-state index in [4.69, 9.17) is 4.74 Å². The Labute approximate surface area is 196 Å². The van der Waals surface area contributed by atoms with Crippen LogP contribution in [0.5, 0.6) is 5.75 Å². The molecule has 1 amide bonds. The van der Waals surface area contributed by atoms with E-state index in [1.165, 1.54) is 0 Å². The lowest BCUT2D eigenvalue weighted by Crippen LogP contribution is -2.36. The van der Waals surface area contributed by atoms with Crippen molar-refractivity contribution in [2.24, 2.45) is 5.92 Å². The van der Waals surface area contributed by atoms with Crippen molar-refractivity contribution in [2.45, 2.75) is 45.8 Å². The second-order valence-corrected chi connectivity index (χ2v) is 8.99. The van der Waals surface area contributed by atoms with Gasteiger partial charge in [-0.15, -0.1) is 0 Å². The van der Waals surface area contributed by atoms with E-state index in [9.17, 15) is 4.79 Å². The number of aromatic amines is 1. The second kappa shape index (κ2) is 10.4. The number of para-hydroxylation sites is 1. The molecule has 3 aromatic carbocycles. The number of aromatic nitrogens is 1. The average Bonchev–Trinajstić information content (AvgIpc) is 3.26. The molecule has 2 unspecified atom stereocenters. The second-order valence-electron chi connectivity index (χ2n) is 8.99. The number of H-pyrrole nitrogens is 1. The molecule has 4 heteroatoms. The van der Waals surface area contributed by atoms with Gasteiger partial charge in [-0.3, -0.25) is 4.79 Å². The summed E-state index contributed by atoms with van der Waals surface area (Å²) in [5.74, 6) is 1.16. The standard InChI is InChI=1S/C29H32N2O2/c1-20(2)21(3)31-29(32)17-26(27-18-30-28-15-8-7-14-25(27)28)23-12-9-13-24(16-23)33-19-22-10-5-4-6-11-22/h4-16,18,20-21,26,30H,17,19H2,1-3H3,(H,31,32). The van der Waals surface area contributed by atoms with E-state index in [2.05, 4.69) is 67.5 Å². The first kappa shape index (κ1) is 22.7. The van der Waals surface area contributed by atoms with Crippen molar-refractivity contribution < 1.29 is 9.53 Å². The fourth-order valence-corrected chi connectivity index (χ4v) is 4.02. The summed E-state index contributed by atoms with van der Waals surface area (Å²) in [6.07, 6.45) is 2.41. The van der Waals surface area contributed by atoms with Crippen molar-refractivity contribution in [2.75, 3.05) is 0 Å². The van der Waals surface area contributed by atoms with Crippen LogP contribution < -0.4 is 10.1 Å². The van der Waals surface area contributed by atoms with Crippen molar-refractivity contribution in [3.8, 4) is 5.75 Å². The van der Waals surface area contributed by atoms with E-state index in [1.807, 2.05) is 48.7 Å². The molecule has 0 fully saturated rings. The summed E-state index contributed by atoms with van der Waals surface area (Å²) >= 11 is 0. The predicted molar refractivity (Wildman–Crippen MR) is 134 cm³/mol. The number of hydrogen-bond acceptors (Lipinski definition) is 2. The normalized spacial score (nSPS) is 13.1. The molecule has 2 N–H and O–H groups in total. The van der Waals surface area contributed by atoms with Crippen LogP contribution in [0.3, 0.4) is 0 Å². The van der Waals surface area contributed by atoms with Gasteiger partial charge in [0, 0.05) is 35.5 Å². The molecule has 4 aromatic rings. The third-order valence-corrected chi connectivity index (χ3v) is 6.28. The van der Waals surface area contributed by atoms with Gasteiger partial charge in [-0.1, -0.05) is 74.5 Å². The average molecular weight is 441 g/mol. The predicted octanol–water partition coefficient (Wildman–Crippen LogP) is 6.43. The Balaban J connectivity index is 1.62. The topological polar surface area (TPSA) is 54.1 Å². The minimum absolute atomic E-state index is 0.0575. The van der Waals surface area contributed by atoms with Crippen LogP contribution in [-0.2, 0) is 11.4 Å². The van der Waals surface area contributed by atoms with Gasteiger partial charge in [-0.25, -0.2) is 0 Å². The number of carbonyl (C=O) groups excluding carboxylic acids is 1. The van der Waals surface area contributed by atoms with Crippen LogP contribution in [-0.4, -0.2) is 16.9 Å². The number of benzene rings is 3. The van der Waals surface area contributed by atoms with Crippen LogP contribution in [0.2, 0.25) is 0 Å². The minimum Gasteiger partial charge on any atom is -0.489 e. The van der Waals surface area contributed by atoms with Crippen molar-refractivity contribution in [3.05, 3.63) is 102 Å². The van der Waals surface area contributed by atoms with Gasteiger partial charge < -0.3 is 15.0 Å². The SMILES string of the molecule is CC(C)C(C)NC(=O)CC(c1cccc(OCc2ccccc2)c1)c1c[nH]c2ccccc12. The maximum Gasteiger partial charge on any atom is 0.221 e. The largest absolute Gasteiger partial charge is 0.489 e. The van der Waals surface area contributed by atoms with Crippen LogP contribution in [0.1, 0.15) is 49.8 Å². The van der Waals surface area contributed by atoms with Gasteiger partial charge in [0.1, 0.15) is 12.4 Å². The molecule has 33 heavy (non-hydrogen) atoms. The molecule has 0 radical (unpaired) electrons. The van der Waals surface area contributed by atoms with Gasteiger partial charge in [0.2, 0.25) is 5.91 Å². The third kappa shape index (κ3) is 5.64. The molecule has 0 bridgehead atoms. The zero-order valence-corrected chi connectivity index (χ0v) is 19.5. The number of carbonyl (C=O) groups is 1. The Hall–Kier alpha value is -3.53. The molecule has 170 valence electrons. The van der Waals surface area contributed by atoms with E-state index < -0.39 is 0 Å². The number of hydrogen-bond donors (Lipinski definition) is 2. The smallest absolute Gasteiger partial charge is 0.221 e. The van der Waals surface area contributed by atoms with Crippen molar-refractivity contribution in [1.82, 2.24) is 10.3 Å². The van der Waals surface area contributed by atoms with Crippen LogP contribution in [0, 0.1) is 5.92 Å². The molecule has 0 aliphatic rings. The lowest BCUT2D eigenvalue weighted by molar-refractivity contribution is -0.122. The Morgan fingerprint density at radius 2 is 1.70 bits per heavy atom. The van der Waals surface area contributed by atoms with E-state index in [-0.39, 0.29) is 17.9 Å². The Morgan fingerprint density at radius 1 is 0.939 bits per heavy atom. The van der Waals surface area contributed by atoms with Crippen molar-refractivity contribution in [3.63, 3.8) is 0 Å². The van der Waals surface area contributed by atoms with Gasteiger partial charge in [-0.05, 0) is 47.7 Å². The summed E-state index contributed by atoms with van der Waals surface area (Å²) < 4.78 is 6.08. The highest BCUT2D eigenvalue weighted by Crippen LogP contribution is 2.35. The van der Waals surface area contributed by atoms with Crippen molar-refractivity contribution in [1.29, 1.82) is 0 Å². The molecular weight excluding hydrogens is 408 g/mol. The van der Waals surface area contributed by atoms with Gasteiger partial charge in [0.05, 0.1) is 0 Å². The third-order valence-electron chi connectivity index (χ3n) is 6.28. The summed E-state index contributed by atoms with van der Waals surface area (Å²) in [6.45, 7) is 6.81. The number of amides is 1. The monoisotopic (exact) mass is 440 g/mol. The molecule has 0 aliphatic heterocycles. The maximum atomic E-state index is 13.0. The van der Waals surface area contributed by atoms with Gasteiger partial charge in [0.15, 0.2) is 0 Å². The first-order valence-electron chi connectivity index (χ1n) is 11.6. The highest BCUT2D eigenvalue weighted by Gasteiger charge is 2.23. The quantitative estimate of drug-likeness (QED) is 0.315. The van der Waals surface area contributed by atoms with Gasteiger partial charge in [0.25, 0.3) is 0 Å². The zero-order valence-electron chi connectivity index (χ0n) is 19.5. The van der Waals surface area contributed by atoms with E-state index in [1.54, 1.807) is 0 Å². The summed E-state index contributed by atoms with van der Waals surface area (Å²) in [4.78, 5) is 16.4. The Morgan fingerprint density at radius 3 is 2.48 bits per heavy atom. The van der Waals surface area contributed by atoms with Crippen molar-refractivity contribution >= 4 is 16.8 Å². The highest BCUT2D eigenvalue weighted by molar-refractivity contribution is 5.86. The fourth-order valence-electron chi connectivity index (χ4n) is 4.02. The first-order valence-corrected chi connectivity index (χ1v) is 11.6. The first-order chi connectivity index (χ1) is 16.0. The van der Waals surface area contributed by atoms with Crippen LogP contribution in [0.15, 0.2) is 85.1 Å². The fraction of sp³-hybridized carbons (Fsp3) is 0.276. The minimum atomic E-state index is -0.0826. The summed E-state index contributed by atoms with van der Waals surface area (Å²) in [5.41, 5.74) is 4.39. The Bertz CT molecular complexity index is 1200. The number of fused-ring (bicyclic) bond motifs is 1. The zero-order chi connectivity index (χ0) is 23.2. The number of rotatable bonds is 9. The Kier molecular flexibility index (Phi) is 7.13. The maximum absolute atomic E-state index is 13.0. The number of nitrogens with one attached hydrogen (secondary N) is 2. The van der Waals surface area contributed by atoms with Gasteiger partial charge >= 0.3 is 0 Å². The molecule has 4 rings (SSSR count). The van der Waals surface area contributed by atoms with Gasteiger partial charge in [-0.2, -0.15) is 0 Å². The summed E-state index contributed by atoms with van der Waals surface area (Å²) in [5, 5.41) is 4.31. The van der Waals surface area contributed by atoms with E-state index >= 15 is 0 Å². The van der Waals surface area contributed by atoms with E-state index in [0.717, 1.165) is 33.3 Å². The molecule has 2 atom stereocenters. The molecule has 0 saturated heterocycles. The van der Waals surface area contributed by atoms with E-state index in [0.29, 0.717) is 18.9 Å². The molecular formula is C29H32N2O2. The number of ether oxygens (including phenoxy) is 1. The van der Waals surface area contributed by atoms with Crippen LogP contribution in [0.25, 0.3) is 10.9 Å². The van der Waals surface area contributed by atoms with Crippen LogP contribution in [0.4, 0.5) is 0 Å². The molecule has 1 heterocycles. The lowest BCUT2D eigenvalue weighted by atomic mass is 9.87. The molecule has 0 spiro atoms. The summed E-state index contributed by atoms with van der Waals surface area (Å²) in [6, 6.07) is 26.6. The highest BCUT2D eigenvalue weighted by atomic mass is 16.5. The molecule has 4 nitrogen and oxygen atoms in total. The molecule has 0 aliphatic carbocycles.